The number of alkyl halides is 3. The van der Waals surface area contributed by atoms with Gasteiger partial charge in [0.2, 0.25) is 0 Å². The number of amides is 1. The predicted molar refractivity (Wildman–Crippen MR) is 47.6 cm³/mol. The molecule has 4 nitrogen and oxygen atoms in total. The molecular formula is C9H12F3NO3. The normalized spacial score (nSPS) is 17.9. The van der Waals surface area contributed by atoms with E-state index >= 15 is 0 Å². The standard InChI is InChI=1S/C9H12F3NO3/c10-9(11,12)8(16)13-6(7(14)15)4-3-5-1-2-5/h5-6H,1-4H2,(H,13,16)(H,14,15). The summed E-state index contributed by atoms with van der Waals surface area (Å²) in [5.74, 6) is -3.22. The third-order valence-electron chi connectivity index (χ3n) is 2.42. The average molecular weight is 239 g/mol. The monoisotopic (exact) mass is 239 g/mol. The van der Waals surface area contributed by atoms with Crippen LogP contribution in [0.4, 0.5) is 13.2 Å². The summed E-state index contributed by atoms with van der Waals surface area (Å²) in [7, 11) is 0. The third kappa shape index (κ3) is 4.08. The molecule has 1 fully saturated rings. The Hall–Kier alpha value is -1.27. The molecule has 1 saturated carbocycles. The van der Waals surface area contributed by atoms with Crippen molar-refractivity contribution in [3.8, 4) is 0 Å². The Morgan fingerprint density at radius 3 is 2.31 bits per heavy atom. The Morgan fingerprint density at radius 1 is 1.38 bits per heavy atom. The molecule has 0 bridgehead atoms. The average Bonchev–Trinajstić information content (AvgIpc) is 2.92. The van der Waals surface area contributed by atoms with Gasteiger partial charge in [0.25, 0.3) is 0 Å². The van der Waals surface area contributed by atoms with Crippen LogP contribution in [0.2, 0.25) is 0 Å². The van der Waals surface area contributed by atoms with E-state index in [1.54, 1.807) is 0 Å². The lowest BCUT2D eigenvalue weighted by Gasteiger charge is -2.15. The smallest absolute Gasteiger partial charge is 0.471 e. The molecule has 92 valence electrons. The predicted octanol–water partition coefficient (Wildman–Crippen LogP) is 1.31. The van der Waals surface area contributed by atoms with Gasteiger partial charge in [-0.05, 0) is 18.8 Å². The maximum absolute atomic E-state index is 11.9. The van der Waals surface area contributed by atoms with Crippen molar-refractivity contribution in [2.24, 2.45) is 5.92 Å². The molecule has 1 aliphatic rings. The van der Waals surface area contributed by atoms with Crippen LogP contribution in [0, 0.1) is 5.92 Å². The van der Waals surface area contributed by atoms with Crippen molar-refractivity contribution in [3.63, 3.8) is 0 Å². The molecule has 7 heteroatoms. The van der Waals surface area contributed by atoms with E-state index in [1.807, 2.05) is 0 Å². The first kappa shape index (κ1) is 12.8. The Morgan fingerprint density at radius 2 is 1.94 bits per heavy atom. The molecule has 1 atom stereocenters. The van der Waals surface area contributed by atoms with Crippen LogP contribution in [0.15, 0.2) is 0 Å². The molecule has 0 aromatic heterocycles. The minimum atomic E-state index is -5.03. The minimum Gasteiger partial charge on any atom is -0.480 e. The van der Waals surface area contributed by atoms with Gasteiger partial charge in [-0.15, -0.1) is 0 Å². The number of carboxylic acids is 1. The molecule has 0 radical (unpaired) electrons. The quantitative estimate of drug-likeness (QED) is 0.760. The van der Waals surface area contributed by atoms with Gasteiger partial charge in [0, 0.05) is 0 Å². The summed E-state index contributed by atoms with van der Waals surface area (Å²) >= 11 is 0. The largest absolute Gasteiger partial charge is 0.480 e. The molecule has 0 saturated heterocycles. The Labute approximate surface area is 89.8 Å². The van der Waals surface area contributed by atoms with Crippen molar-refractivity contribution in [1.29, 1.82) is 0 Å². The van der Waals surface area contributed by atoms with E-state index < -0.39 is 24.1 Å². The maximum Gasteiger partial charge on any atom is 0.471 e. The first-order valence-corrected chi connectivity index (χ1v) is 4.91. The number of hydrogen-bond donors (Lipinski definition) is 2. The molecule has 16 heavy (non-hydrogen) atoms. The molecule has 1 rings (SSSR count). The van der Waals surface area contributed by atoms with E-state index in [0.717, 1.165) is 12.8 Å². The van der Waals surface area contributed by atoms with Gasteiger partial charge >= 0.3 is 18.1 Å². The second-order valence-corrected chi connectivity index (χ2v) is 3.88. The van der Waals surface area contributed by atoms with Crippen molar-refractivity contribution in [1.82, 2.24) is 5.32 Å². The fourth-order valence-electron chi connectivity index (χ4n) is 1.31. The number of nitrogens with one attached hydrogen (secondary N) is 1. The van der Waals surface area contributed by atoms with Crippen molar-refractivity contribution in [3.05, 3.63) is 0 Å². The zero-order chi connectivity index (χ0) is 12.3. The topological polar surface area (TPSA) is 66.4 Å². The van der Waals surface area contributed by atoms with Crippen molar-refractivity contribution in [2.75, 3.05) is 0 Å². The lowest BCUT2D eigenvalue weighted by molar-refractivity contribution is -0.175. The zero-order valence-electron chi connectivity index (χ0n) is 8.38. The number of halogens is 3. The Bertz CT molecular complexity index is 286. The summed E-state index contributed by atoms with van der Waals surface area (Å²) in [6, 6.07) is -1.45. The van der Waals surface area contributed by atoms with Crippen LogP contribution < -0.4 is 5.32 Å². The van der Waals surface area contributed by atoms with Gasteiger partial charge in [0.1, 0.15) is 6.04 Å². The molecule has 0 spiro atoms. The summed E-state index contributed by atoms with van der Waals surface area (Å²) in [6.45, 7) is 0. The fraction of sp³-hybridized carbons (Fsp3) is 0.778. The molecule has 1 amide bonds. The second kappa shape index (κ2) is 4.71. The van der Waals surface area contributed by atoms with E-state index in [2.05, 4.69) is 0 Å². The van der Waals surface area contributed by atoms with Crippen LogP contribution in [0.5, 0.6) is 0 Å². The van der Waals surface area contributed by atoms with E-state index in [9.17, 15) is 22.8 Å². The Balaban J connectivity index is 2.43. The van der Waals surface area contributed by atoms with Gasteiger partial charge in [-0.1, -0.05) is 12.8 Å². The number of carbonyl (C=O) groups excluding carboxylic acids is 1. The molecule has 0 aliphatic heterocycles. The van der Waals surface area contributed by atoms with Crippen LogP contribution in [0.3, 0.4) is 0 Å². The van der Waals surface area contributed by atoms with Crippen LogP contribution in [-0.2, 0) is 9.59 Å². The highest BCUT2D eigenvalue weighted by Gasteiger charge is 2.41. The van der Waals surface area contributed by atoms with E-state index in [-0.39, 0.29) is 6.42 Å². The maximum atomic E-state index is 11.9. The summed E-state index contributed by atoms with van der Waals surface area (Å²) in [5, 5.41) is 10.1. The number of hydrogen-bond acceptors (Lipinski definition) is 2. The highest BCUT2D eigenvalue weighted by Crippen LogP contribution is 2.33. The SMILES string of the molecule is O=C(O)C(CCC1CC1)NC(=O)C(F)(F)F. The van der Waals surface area contributed by atoms with Crippen LogP contribution in [-0.4, -0.2) is 29.2 Å². The molecule has 0 heterocycles. The molecule has 2 N–H and O–H groups in total. The molecular weight excluding hydrogens is 227 g/mol. The number of rotatable bonds is 5. The van der Waals surface area contributed by atoms with Gasteiger partial charge in [-0.2, -0.15) is 13.2 Å². The van der Waals surface area contributed by atoms with Gasteiger partial charge in [0.05, 0.1) is 0 Å². The van der Waals surface area contributed by atoms with Gasteiger partial charge < -0.3 is 10.4 Å². The van der Waals surface area contributed by atoms with Crippen molar-refractivity contribution < 1.29 is 27.9 Å². The zero-order valence-corrected chi connectivity index (χ0v) is 8.38. The van der Waals surface area contributed by atoms with E-state index in [4.69, 9.17) is 5.11 Å². The second-order valence-electron chi connectivity index (χ2n) is 3.88. The number of carbonyl (C=O) groups is 2. The minimum absolute atomic E-state index is 0.0435. The van der Waals surface area contributed by atoms with E-state index in [1.165, 1.54) is 5.32 Å². The molecule has 1 aliphatic carbocycles. The summed E-state index contributed by atoms with van der Waals surface area (Å²) in [6.07, 6.45) is -2.48. The highest BCUT2D eigenvalue weighted by molar-refractivity contribution is 5.86. The Kier molecular flexibility index (Phi) is 3.77. The third-order valence-corrected chi connectivity index (χ3v) is 2.42. The van der Waals surface area contributed by atoms with Crippen molar-refractivity contribution in [2.45, 2.75) is 37.9 Å². The molecule has 1 unspecified atom stereocenters. The summed E-state index contributed by atoms with van der Waals surface area (Å²) in [4.78, 5) is 21.2. The first-order valence-electron chi connectivity index (χ1n) is 4.91. The summed E-state index contributed by atoms with van der Waals surface area (Å²) in [5.41, 5.74) is 0. The molecule has 0 aromatic rings. The first-order chi connectivity index (χ1) is 7.30. The number of aliphatic carboxylic acids is 1. The van der Waals surface area contributed by atoms with Gasteiger partial charge in [0.15, 0.2) is 0 Å². The lowest BCUT2D eigenvalue weighted by atomic mass is 10.1. The molecule has 0 aromatic carbocycles. The fourth-order valence-corrected chi connectivity index (χ4v) is 1.31. The summed E-state index contributed by atoms with van der Waals surface area (Å²) < 4.78 is 35.6. The van der Waals surface area contributed by atoms with Crippen LogP contribution in [0.1, 0.15) is 25.7 Å². The van der Waals surface area contributed by atoms with Crippen LogP contribution in [0.25, 0.3) is 0 Å². The number of carboxylic acid groups (broad SMARTS) is 1. The van der Waals surface area contributed by atoms with Gasteiger partial charge in [-0.25, -0.2) is 4.79 Å². The van der Waals surface area contributed by atoms with Crippen LogP contribution >= 0.6 is 0 Å². The lowest BCUT2D eigenvalue weighted by Crippen LogP contribution is -2.46. The van der Waals surface area contributed by atoms with Gasteiger partial charge in [-0.3, -0.25) is 4.79 Å². The van der Waals surface area contributed by atoms with E-state index in [0.29, 0.717) is 12.3 Å². The highest BCUT2D eigenvalue weighted by atomic mass is 19.4. The van der Waals surface area contributed by atoms with Crippen molar-refractivity contribution >= 4 is 11.9 Å².